The zero-order valence-electron chi connectivity index (χ0n) is 12.2. The number of aliphatic hydroxyl groups is 1. The predicted molar refractivity (Wildman–Crippen MR) is 80.9 cm³/mol. The fraction of sp³-hybridized carbons (Fsp3) is 0.562. The average Bonchev–Trinajstić information content (AvgIpc) is 2.47. The first-order chi connectivity index (χ1) is 9.70. The van der Waals surface area contributed by atoms with Crippen molar-refractivity contribution in [1.29, 1.82) is 0 Å². The van der Waals surface area contributed by atoms with E-state index in [1.807, 2.05) is 4.90 Å². The Balaban J connectivity index is 1.81. The molecule has 1 aliphatic heterocycles. The first-order valence-electron chi connectivity index (χ1n) is 7.41. The summed E-state index contributed by atoms with van der Waals surface area (Å²) in [6, 6.07) is 8.51. The van der Waals surface area contributed by atoms with Crippen molar-refractivity contribution in [3.63, 3.8) is 0 Å². The number of anilines is 1. The van der Waals surface area contributed by atoms with Crippen molar-refractivity contribution in [1.82, 2.24) is 4.90 Å². The third-order valence-corrected chi connectivity index (χ3v) is 3.80. The second-order valence-corrected chi connectivity index (χ2v) is 5.39. The van der Waals surface area contributed by atoms with Crippen LogP contribution in [0.25, 0.3) is 0 Å². The van der Waals surface area contributed by atoms with Gasteiger partial charge in [-0.2, -0.15) is 0 Å². The van der Waals surface area contributed by atoms with Gasteiger partial charge in [-0.25, -0.2) is 0 Å². The fourth-order valence-corrected chi connectivity index (χ4v) is 2.58. The van der Waals surface area contributed by atoms with E-state index in [1.165, 1.54) is 11.3 Å². The standard InChI is InChI=1S/C16H24N2O2/c1-14-5-4-6-15(13-14)17-8-10-18(11-9-17)16(20)7-2-3-12-19/h4-6,13,19H,2-3,7-12H2,1H3. The van der Waals surface area contributed by atoms with Crippen molar-refractivity contribution in [3.8, 4) is 0 Å². The van der Waals surface area contributed by atoms with E-state index in [1.54, 1.807) is 0 Å². The number of rotatable bonds is 5. The molecule has 0 radical (unpaired) electrons. The number of benzene rings is 1. The normalized spacial score (nSPS) is 15.5. The Morgan fingerprint density at radius 2 is 1.95 bits per heavy atom. The van der Waals surface area contributed by atoms with E-state index in [-0.39, 0.29) is 12.5 Å². The van der Waals surface area contributed by atoms with E-state index < -0.39 is 0 Å². The fourth-order valence-electron chi connectivity index (χ4n) is 2.58. The Hall–Kier alpha value is -1.55. The lowest BCUT2D eigenvalue weighted by Crippen LogP contribution is -2.48. The molecular formula is C16H24N2O2. The van der Waals surface area contributed by atoms with Crippen LogP contribution in [-0.4, -0.2) is 48.7 Å². The van der Waals surface area contributed by atoms with E-state index in [4.69, 9.17) is 5.11 Å². The van der Waals surface area contributed by atoms with Crippen LogP contribution in [-0.2, 0) is 4.79 Å². The van der Waals surface area contributed by atoms with Gasteiger partial charge >= 0.3 is 0 Å². The van der Waals surface area contributed by atoms with Gasteiger partial charge in [0.15, 0.2) is 0 Å². The van der Waals surface area contributed by atoms with E-state index in [0.29, 0.717) is 6.42 Å². The molecule has 0 unspecified atom stereocenters. The topological polar surface area (TPSA) is 43.8 Å². The van der Waals surface area contributed by atoms with Crippen molar-refractivity contribution >= 4 is 11.6 Å². The van der Waals surface area contributed by atoms with Gasteiger partial charge in [-0.1, -0.05) is 12.1 Å². The van der Waals surface area contributed by atoms with Crippen molar-refractivity contribution in [2.75, 3.05) is 37.7 Å². The van der Waals surface area contributed by atoms with Crippen LogP contribution in [0.15, 0.2) is 24.3 Å². The Bertz CT molecular complexity index is 440. The Kier molecular flexibility index (Phi) is 5.41. The van der Waals surface area contributed by atoms with Gasteiger partial charge in [-0.05, 0) is 37.5 Å². The van der Waals surface area contributed by atoms with Crippen LogP contribution >= 0.6 is 0 Å². The summed E-state index contributed by atoms with van der Waals surface area (Å²) in [4.78, 5) is 16.3. The highest BCUT2D eigenvalue weighted by Gasteiger charge is 2.20. The van der Waals surface area contributed by atoms with E-state index in [9.17, 15) is 4.79 Å². The highest BCUT2D eigenvalue weighted by atomic mass is 16.3. The summed E-state index contributed by atoms with van der Waals surface area (Å²) in [5, 5.41) is 8.74. The van der Waals surface area contributed by atoms with Gasteiger partial charge in [0.05, 0.1) is 0 Å². The maximum absolute atomic E-state index is 12.0. The number of aryl methyl sites for hydroxylation is 1. The lowest BCUT2D eigenvalue weighted by atomic mass is 10.1. The second-order valence-electron chi connectivity index (χ2n) is 5.39. The molecule has 0 atom stereocenters. The minimum absolute atomic E-state index is 0.175. The number of aliphatic hydroxyl groups excluding tert-OH is 1. The summed E-state index contributed by atoms with van der Waals surface area (Å²) in [6.45, 7) is 5.67. The smallest absolute Gasteiger partial charge is 0.222 e. The lowest BCUT2D eigenvalue weighted by molar-refractivity contribution is -0.131. The zero-order valence-corrected chi connectivity index (χ0v) is 12.2. The van der Waals surface area contributed by atoms with Crippen LogP contribution in [0.2, 0.25) is 0 Å². The molecule has 1 fully saturated rings. The third kappa shape index (κ3) is 3.97. The van der Waals surface area contributed by atoms with E-state index in [2.05, 4.69) is 36.1 Å². The molecule has 110 valence electrons. The highest BCUT2D eigenvalue weighted by Crippen LogP contribution is 2.18. The lowest BCUT2D eigenvalue weighted by Gasteiger charge is -2.36. The molecule has 0 bridgehead atoms. The Labute approximate surface area is 121 Å². The monoisotopic (exact) mass is 276 g/mol. The van der Waals surface area contributed by atoms with Crippen LogP contribution in [0.3, 0.4) is 0 Å². The summed E-state index contributed by atoms with van der Waals surface area (Å²) in [5.41, 5.74) is 2.52. The molecule has 4 heteroatoms. The predicted octanol–water partition coefficient (Wildman–Crippen LogP) is 1.81. The number of amides is 1. The molecule has 2 rings (SSSR count). The molecule has 1 heterocycles. The third-order valence-electron chi connectivity index (χ3n) is 3.80. The van der Waals surface area contributed by atoms with Crippen LogP contribution in [0, 0.1) is 6.92 Å². The highest BCUT2D eigenvalue weighted by molar-refractivity contribution is 5.76. The second kappa shape index (κ2) is 7.29. The number of nitrogens with zero attached hydrogens (tertiary/aromatic N) is 2. The van der Waals surface area contributed by atoms with Crippen LogP contribution in [0.1, 0.15) is 24.8 Å². The minimum atomic E-state index is 0.175. The van der Waals surface area contributed by atoms with Gasteiger partial charge in [0.2, 0.25) is 5.91 Å². The van der Waals surface area contributed by atoms with Gasteiger partial charge in [0.25, 0.3) is 0 Å². The number of unbranched alkanes of at least 4 members (excludes halogenated alkanes) is 1. The maximum atomic E-state index is 12.0. The maximum Gasteiger partial charge on any atom is 0.222 e. The molecule has 0 spiro atoms. The first-order valence-corrected chi connectivity index (χ1v) is 7.41. The number of hydrogen-bond donors (Lipinski definition) is 1. The minimum Gasteiger partial charge on any atom is -0.396 e. The van der Waals surface area contributed by atoms with Crippen molar-refractivity contribution in [3.05, 3.63) is 29.8 Å². The Morgan fingerprint density at radius 1 is 1.20 bits per heavy atom. The van der Waals surface area contributed by atoms with Gasteiger partial charge in [0, 0.05) is 44.9 Å². The van der Waals surface area contributed by atoms with Gasteiger partial charge in [0.1, 0.15) is 0 Å². The molecule has 20 heavy (non-hydrogen) atoms. The summed E-state index contributed by atoms with van der Waals surface area (Å²) in [6.07, 6.45) is 2.06. The molecule has 1 saturated heterocycles. The molecule has 1 N–H and O–H groups in total. The van der Waals surface area contributed by atoms with Crippen molar-refractivity contribution in [2.45, 2.75) is 26.2 Å². The number of piperazine rings is 1. The molecule has 0 aliphatic carbocycles. The summed E-state index contributed by atoms with van der Waals surface area (Å²) >= 11 is 0. The van der Waals surface area contributed by atoms with Crippen LogP contribution < -0.4 is 4.90 Å². The van der Waals surface area contributed by atoms with Crippen LogP contribution in [0.4, 0.5) is 5.69 Å². The molecular weight excluding hydrogens is 252 g/mol. The molecule has 0 aromatic heterocycles. The van der Waals surface area contributed by atoms with Gasteiger partial charge in [-0.15, -0.1) is 0 Å². The molecule has 1 aromatic carbocycles. The zero-order chi connectivity index (χ0) is 14.4. The first kappa shape index (κ1) is 14.9. The molecule has 4 nitrogen and oxygen atoms in total. The number of carbonyl (C=O) groups excluding carboxylic acids is 1. The molecule has 1 amide bonds. The van der Waals surface area contributed by atoms with Crippen LogP contribution in [0.5, 0.6) is 0 Å². The molecule has 1 aromatic rings. The van der Waals surface area contributed by atoms with E-state index >= 15 is 0 Å². The van der Waals surface area contributed by atoms with Crippen molar-refractivity contribution in [2.24, 2.45) is 0 Å². The van der Waals surface area contributed by atoms with Gasteiger partial charge < -0.3 is 14.9 Å². The summed E-state index contributed by atoms with van der Waals surface area (Å²) in [5.74, 6) is 0.224. The largest absolute Gasteiger partial charge is 0.396 e. The quantitative estimate of drug-likeness (QED) is 0.834. The number of carbonyl (C=O) groups is 1. The van der Waals surface area contributed by atoms with Gasteiger partial charge in [-0.3, -0.25) is 4.79 Å². The van der Waals surface area contributed by atoms with Crippen molar-refractivity contribution < 1.29 is 9.90 Å². The molecule has 1 aliphatic rings. The SMILES string of the molecule is Cc1cccc(N2CCN(C(=O)CCCCO)CC2)c1. The average molecular weight is 276 g/mol. The summed E-state index contributed by atoms with van der Waals surface area (Å²) in [7, 11) is 0. The van der Waals surface area contributed by atoms with E-state index in [0.717, 1.165) is 39.0 Å². The Morgan fingerprint density at radius 3 is 2.60 bits per heavy atom. The number of hydrogen-bond acceptors (Lipinski definition) is 3. The molecule has 0 saturated carbocycles. The summed E-state index contributed by atoms with van der Waals surface area (Å²) < 4.78 is 0.